The number of methoxy groups -OCH3 is 1. The van der Waals surface area contributed by atoms with E-state index >= 15 is 0 Å². The Morgan fingerprint density at radius 3 is 2.65 bits per heavy atom. The lowest BCUT2D eigenvalue weighted by atomic mass is 10.0. The van der Waals surface area contributed by atoms with E-state index in [1.165, 1.54) is 44.2 Å². The molecule has 0 spiro atoms. The molecule has 0 aliphatic carbocycles. The number of hydrogen-bond acceptors (Lipinski definition) is 6. The molecule has 0 unspecified atom stereocenters. The van der Waals surface area contributed by atoms with Crippen LogP contribution in [0.2, 0.25) is 0 Å². The molecular weight excluding hydrogens is 398 g/mol. The number of aryl methyl sites for hydroxylation is 1. The molecule has 0 saturated carbocycles. The SMILES string of the molecule is COC(=O)c1ccc(CN2C(=O)N/C(=C\c3ccc(N4CCCCC4)cc3C)C2=O)o1. The zero-order chi connectivity index (χ0) is 22.0. The molecule has 3 heterocycles. The third-order valence-electron chi connectivity index (χ3n) is 5.60. The summed E-state index contributed by atoms with van der Waals surface area (Å²) in [5.41, 5.74) is 3.29. The van der Waals surface area contributed by atoms with Crippen LogP contribution < -0.4 is 10.2 Å². The third kappa shape index (κ3) is 4.33. The number of nitrogens with one attached hydrogen (secondary N) is 1. The molecule has 8 nitrogen and oxygen atoms in total. The van der Waals surface area contributed by atoms with Crippen LogP contribution in [0, 0.1) is 6.92 Å². The lowest BCUT2D eigenvalue weighted by Crippen LogP contribution is -2.30. The zero-order valence-electron chi connectivity index (χ0n) is 17.6. The van der Waals surface area contributed by atoms with E-state index < -0.39 is 17.9 Å². The second-order valence-electron chi connectivity index (χ2n) is 7.73. The van der Waals surface area contributed by atoms with E-state index in [4.69, 9.17) is 4.42 Å². The number of carbonyl (C=O) groups excluding carboxylic acids is 3. The van der Waals surface area contributed by atoms with Gasteiger partial charge in [-0.15, -0.1) is 0 Å². The summed E-state index contributed by atoms with van der Waals surface area (Å²) in [6.07, 6.45) is 5.38. The Balaban J connectivity index is 1.49. The van der Waals surface area contributed by atoms with Crippen molar-refractivity contribution in [1.82, 2.24) is 10.2 Å². The molecule has 162 valence electrons. The van der Waals surface area contributed by atoms with Crippen LogP contribution in [0.3, 0.4) is 0 Å². The highest BCUT2D eigenvalue weighted by Crippen LogP contribution is 2.25. The first-order valence-corrected chi connectivity index (χ1v) is 10.3. The first-order valence-electron chi connectivity index (χ1n) is 10.3. The minimum absolute atomic E-state index is 0.0183. The number of nitrogens with zero attached hydrogens (tertiary/aromatic N) is 2. The molecule has 1 N–H and O–H groups in total. The lowest BCUT2D eigenvalue weighted by Gasteiger charge is -2.29. The van der Waals surface area contributed by atoms with Crippen LogP contribution in [0.25, 0.3) is 6.08 Å². The molecule has 4 rings (SSSR count). The second kappa shape index (κ2) is 8.67. The normalized spacial score (nSPS) is 17.9. The molecule has 1 aromatic heterocycles. The second-order valence-corrected chi connectivity index (χ2v) is 7.73. The molecular formula is C23H25N3O5. The van der Waals surface area contributed by atoms with Gasteiger partial charge in [-0.05, 0) is 67.7 Å². The molecule has 8 heteroatoms. The Kier molecular flexibility index (Phi) is 5.79. The Labute approximate surface area is 180 Å². The van der Waals surface area contributed by atoms with Gasteiger partial charge >= 0.3 is 12.0 Å². The number of urea groups is 1. The molecule has 2 saturated heterocycles. The Hall–Kier alpha value is -3.55. The fourth-order valence-electron chi connectivity index (χ4n) is 3.87. The smallest absolute Gasteiger partial charge is 0.373 e. The van der Waals surface area contributed by atoms with Crippen LogP contribution in [0.1, 0.15) is 46.7 Å². The number of piperidine rings is 1. The molecule has 2 aliphatic heterocycles. The first-order chi connectivity index (χ1) is 15.0. The van der Waals surface area contributed by atoms with Gasteiger partial charge in [-0.25, -0.2) is 9.59 Å². The number of ether oxygens (including phenoxy) is 1. The van der Waals surface area contributed by atoms with Gasteiger partial charge in [0.25, 0.3) is 5.91 Å². The number of imide groups is 1. The number of rotatable bonds is 5. The van der Waals surface area contributed by atoms with Gasteiger partial charge in [-0.3, -0.25) is 9.69 Å². The van der Waals surface area contributed by atoms with Crippen molar-refractivity contribution in [2.75, 3.05) is 25.1 Å². The highest BCUT2D eigenvalue weighted by molar-refractivity contribution is 6.13. The van der Waals surface area contributed by atoms with Crippen LogP contribution in [0.4, 0.5) is 10.5 Å². The van der Waals surface area contributed by atoms with Gasteiger partial charge in [-0.1, -0.05) is 6.07 Å². The van der Waals surface area contributed by atoms with Crippen molar-refractivity contribution in [3.05, 3.63) is 58.7 Å². The largest absolute Gasteiger partial charge is 0.463 e. The zero-order valence-corrected chi connectivity index (χ0v) is 17.6. The molecule has 2 aromatic rings. The highest BCUT2D eigenvalue weighted by Gasteiger charge is 2.34. The van der Waals surface area contributed by atoms with E-state index in [-0.39, 0.29) is 18.0 Å². The number of benzene rings is 1. The minimum Gasteiger partial charge on any atom is -0.463 e. The van der Waals surface area contributed by atoms with E-state index in [1.54, 1.807) is 6.08 Å². The maximum Gasteiger partial charge on any atom is 0.373 e. The topological polar surface area (TPSA) is 92.1 Å². The van der Waals surface area contributed by atoms with Gasteiger partial charge in [0.05, 0.1) is 13.7 Å². The number of furan rings is 1. The summed E-state index contributed by atoms with van der Waals surface area (Å²) in [7, 11) is 1.25. The predicted octanol–water partition coefficient (Wildman–Crippen LogP) is 3.46. The predicted molar refractivity (Wildman–Crippen MR) is 114 cm³/mol. The van der Waals surface area contributed by atoms with Gasteiger partial charge < -0.3 is 19.4 Å². The Bertz CT molecular complexity index is 1050. The van der Waals surface area contributed by atoms with E-state index in [0.29, 0.717) is 5.76 Å². The third-order valence-corrected chi connectivity index (χ3v) is 5.60. The van der Waals surface area contributed by atoms with Crippen molar-refractivity contribution >= 4 is 29.7 Å². The number of amides is 3. The van der Waals surface area contributed by atoms with E-state index in [0.717, 1.165) is 29.1 Å². The van der Waals surface area contributed by atoms with Crippen LogP contribution in [-0.4, -0.2) is 43.0 Å². The highest BCUT2D eigenvalue weighted by atomic mass is 16.5. The Morgan fingerprint density at radius 1 is 1.16 bits per heavy atom. The molecule has 2 fully saturated rings. The van der Waals surface area contributed by atoms with Crippen LogP contribution in [-0.2, 0) is 16.1 Å². The van der Waals surface area contributed by atoms with Crippen molar-refractivity contribution in [1.29, 1.82) is 0 Å². The van der Waals surface area contributed by atoms with Gasteiger partial charge in [-0.2, -0.15) is 0 Å². The van der Waals surface area contributed by atoms with Crippen molar-refractivity contribution in [2.24, 2.45) is 0 Å². The van der Waals surface area contributed by atoms with Crippen molar-refractivity contribution in [3.8, 4) is 0 Å². The van der Waals surface area contributed by atoms with E-state index in [9.17, 15) is 14.4 Å². The molecule has 0 radical (unpaired) electrons. The number of hydrogen-bond donors (Lipinski definition) is 1. The van der Waals surface area contributed by atoms with Crippen LogP contribution in [0.15, 0.2) is 40.4 Å². The maximum atomic E-state index is 12.8. The average molecular weight is 423 g/mol. The molecule has 2 aliphatic rings. The van der Waals surface area contributed by atoms with E-state index in [2.05, 4.69) is 27.1 Å². The number of carbonyl (C=O) groups is 3. The summed E-state index contributed by atoms with van der Waals surface area (Å²) in [5.74, 6) is -0.731. The van der Waals surface area contributed by atoms with Gasteiger partial charge in [0.15, 0.2) is 0 Å². The standard InChI is InChI=1S/C23H25N3O5/c1-15-12-17(25-10-4-3-5-11-25)7-6-16(15)13-19-21(27)26(23(29)24-19)14-18-8-9-20(31-18)22(28)30-2/h6-9,12-13H,3-5,10-11,14H2,1-2H3,(H,24,29)/b19-13-. The Morgan fingerprint density at radius 2 is 1.94 bits per heavy atom. The molecule has 31 heavy (non-hydrogen) atoms. The summed E-state index contributed by atoms with van der Waals surface area (Å²) in [6.45, 7) is 4.05. The fourth-order valence-corrected chi connectivity index (χ4v) is 3.87. The summed E-state index contributed by atoms with van der Waals surface area (Å²) < 4.78 is 9.96. The number of anilines is 1. The van der Waals surface area contributed by atoms with Crippen molar-refractivity contribution in [3.63, 3.8) is 0 Å². The monoisotopic (exact) mass is 423 g/mol. The average Bonchev–Trinajstić information content (AvgIpc) is 3.35. The van der Waals surface area contributed by atoms with Crippen molar-refractivity contribution in [2.45, 2.75) is 32.7 Å². The van der Waals surface area contributed by atoms with Gasteiger partial charge in [0.2, 0.25) is 5.76 Å². The summed E-state index contributed by atoms with van der Waals surface area (Å²) in [6, 6.07) is 8.61. The van der Waals surface area contributed by atoms with Gasteiger partial charge in [0, 0.05) is 18.8 Å². The van der Waals surface area contributed by atoms with Crippen LogP contribution >= 0.6 is 0 Å². The summed E-state index contributed by atoms with van der Waals surface area (Å²) in [5, 5.41) is 2.62. The molecule has 0 atom stereocenters. The maximum absolute atomic E-state index is 12.8. The van der Waals surface area contributed by atoms with Crippen LogP contribution in [0.5, 0.6) is 0 Å². The first kappa shape index (κ1) is 20.7. The lowest BCUT2D eigenvalue weighted by molar-refractivity contribution is -0.123. The molecule has 1 aromatic carbocycles. The fraction of sp³-hybridized carbons (Fsp3) is 0.348. The molecule has 0 bridgehead atoms. The minimum atomic E-state index is -0.618. The van der Waals surface area contributed by atoms with Gasteiger partial charge in [0.1, 0.15) is 11.5 Å². The summed E-state index contributed by atoms with van der Waals surface area (Å²) in [4.78, 5) is 40.1. The van der Waals surface area contributed by atoms with Crippen molar-refractivity contribution < 1.29 is 23.5 Å². The number of esters is 1. The molecule has 3 amide bonds. The summed E-state index contributed by atoms with van der Waals surface area (Å²) >= 11 is 0. The quantitative estimate of drug-likeness (QED) is 0.450. The van der Waals surface area contributed by atoms with E-state index in [1.807, 2.05) is 13.0 Å².